The summed E-state index contributed by atoms with van der Waals surface area (Å²) in [6.07, 6.45) is 1.36. The highest BCUT2D eigenvalue weighted by atomic mass is 32.2. The Morgan fingerprint density at radius 3 is 2.37 bits per heavy atom. The van der Waals surface area contributed by atoms with Gasteiger partial charge in [-0.15, -0.1) is 0 Å². The van der Waals surface area contributed by atoms with Gasteiger partial charge in [-0.25, -0.2) is 4.79 Å². The molecule has 0 radical (unpaired) electrons. The lowest BCUT2D eigenvalue weighted by Gasteiger charge is -2.39. The third kappa shape index (κ3) is 6.30. The zero-order valence-corrected chi connectivity index (χ0v) is 18.1. The van der Waals surface area contributed by atoms with E-state index in [1.54, 1.807) is 9.21 Å². The fourth-order valence-corrected chi connectivity index (χ4v) is 5.12. The molecule has 1 amide bonds. The number of hydrogen-bond acceptors (Lipinski definition) is 5. The summed E-state index contributed by atoms with van der Waals surface area (Å²) >= 11 is 0. The van der Waals surface area contributed by atoms with Gasteiger partial charge in [0.1, 0.15) is 5.60 Å². The number of piperidine rings is 1. The third-order valence-corrected chi connectivity index (χ3v) is 6.81. The van der Waals surface area contributed by atoms with Crippen molar-refractivity contribution in [1.82, 2.24) is 13.5 Å². The molecule has 2 heterocycles. The van der Waals surface area contributed by atoms with Crippen LogP contribution in [0.1, 0.15) is 47.5 Å². The van der Waals surface area contributed by atoms with E-state index in [0.717, 1.165) is 12.8 Å². The summed E-state index contributed by atoms with van der Waals surface area (Å²) in [5, 5.41) is 0. The van der Waals surface area contributed by atoms with Gasteiger partial charge in [0, 0.05) is 38.8 Å². The van der Waals surface area contributed by atoms with Gasteiger partial charge in [0.15, 0.2) is 0 Å². The first-order valence-corrected chi connectivity index (χ1v) is 11.2. The summed E-state index contributed by atoms with van der Waals surface area (Å²) in [6, 6.07) is -0.00826. The van der Waals surface area contributed by atoms with Crippen LogP contribution in [-0.2, 0) is 19.7 Å². The van der Waals surface area contributed by atoms with Crippen molar-refractivity contribution >= 4 is 16.3 Å². The van der Waals surface area contributed by atoms with Gasteiger partial charge >= 0.3 is 6.09 Å². The number of ether oxygens (including phenoxy) is 2. The second-order valence-corrected chi connectivity index (χ2v) is 10.5. The zero-order chi connectivity index (χ0) is 20.2. The summed E-state index contributed by atoms with van der Waals surface area (Å²) in [6.45, 7) is 12.6. The molecule has 0 unspecified atom stereocenters. The molecule has 0 aliphatic carbocycles. The molecule has 0 aromatic heterocycles. The largest absolute Gasteiger partial charge is 0.444 e. The Morgan fingerprint density at radius 1 is 1.19 bits per heavy atom. The van der Waals surface area contributed by atoms with Gasteiger partial charge in [-0.3, -0.25) is 0 Å². The second-order valence-electron chi connectivity index (χ2n) is 8.61. The van der Waals surface area contributed by atoms with Gasteiger partial charge in [0.25, 0.3) is 10.2 Å². The van der Waals surface area contributed by atoms with E-state index in [0.29, 0.717) is 45.9 Å². The zero-order valence-electron chi connectivity index (χ0n) is 17.3. The molecule has 2 fully saturated rings. The molecule has 2 aliphatic rings. The monoisotopic (exact) mass is 405 g/mol. The van der Waals surface area contributed by atoms with Crippen molar-refractivity contribution in [1.29, 1.82) is 0 Å². The van der Waals surface area contributed by atoms with Crippen LogP contribution in [0.15, 0.2) is 0 Å². The van der Waals surface area contributed by atoms with Crippen LogP contribution in [-0.4, -0.2) is 85.6 Å². The average Bonchev–Trinajstić information content (AvgIpc) is 2.59. The van der Waals surface area contributed by atoms with Gasteiger partial charge in [-0.1, -0.05) is 0 Å². The Balaban J connectivity index is 2.02. The van der Waals surface area contributed by atoms with Crippen LogP contribution in [0, 0.1) is 5.92 Å². The lowest BCUT2D eigenvalue weighted by atomic mass is 9.98. The van der Waals surface area contributed by atoms with Crippen molar-refractivity contribution in [3.8, 4) is 0 Å². The maximum absolute atomic E-state index is 12.9. The highest BCUT2D eigenvalue weighted by Crippen LogP contribution is 2.24. The fraction of sp³-hybridized carbons (Fsp3) is 0.944. The van der Waals surface area contributed by atoms with Crippen LogP contribution in [0.5, 0.6) is 0 Å². The Morgan fingerprint density at radius 2 is 1.81 bits per heavy atom. The van der Waals surface area contributed by atoms with Crippen molar-refractivity contribution in [2.75, 3.05) is 45.9 Å². The SMILES string of the molecule is CC(C)N(C[C@@H]1CCCN(S(=O)(=O)N2CCOCC2)C1)C(=O)OC(C)(C)C. The summed E-state index contributed by atoms with van der Waals surface area (Å²) in [5.74, 6) is 0.101. The minimum Gasteiger partial charge on any atom is -0.444 e. The number of rotatable bonds is 5. The minimum absolute atomic E-state index is 0.00826. The highest BCUT2D eigenvalue weighted by Gasteiger charge is 2.36. The van der Waals surface area contributed by atoms with Crippen LogP contribution < -0.4 is 0 Å². The van der Waals surface area contributed by atoms with Crippen molar-refractivity contribution < 1.29 is 22.7 Å². The summed E-state index contributed by atoms with van der Waals surface area (Å²) < 4.78 is 39.7. The van der Waals surface area contributed by atoms with Crippen LogP contribution in [0.4, 0.5) is 4.79 Å². The molecular formula is C18H35N3O5S. The second kappa shape index (κ2) is 9.07. The van der Waals surface area contributed by atoms with E-state index in [9.17, 15) is 13.2 Å². The topological polar surface area (TPSA) is 79.4 Å². The molecule has 0 spiro atoms. The van der Waals surface area contributed by atoms with Crippen LogP contribution in [0.25, 0.3) is 0 Å². The smallest absolute Gasteiger partial charge is 0.410 e. The predicted molar refractivity (Wildman–Crippen MR) is 104 cm³/mol. The van der Waals surface area contributed by atoms with Crippen molar-refractivity contribution in [2.45, 2.75) is 59.1 Å². The molecule has 2 saturated heterocycles. The molecule has 0 saturated carbocycles. The quantitative estimate of drug-likeness (QED) is 0.698. The molecule has 158 valence electrons. The van der Waals surface area contributed by atoms with Crippen LogP contribution in [0.3, 0.4) is 0 Å². The highest BCUT2D eigenvalue weighted by molar-refractivity contribution is 7.86. The Labute approximate surface area is 163 Å². The minimum atomic E-state index is -3.47. The summed E-state index contributed by atoms with van der Waals surface area (Å²) in [5.41, 5.74) is -0.553. The molecule has 0 N–H and O–H groups in total. The standard InChI is InChI=1S/C18H35N3O5S/c1-15(2)21(17(22)26-18(3,4)5)14-16-7-6-8-20(13-16)27(23,24)19-9-11-25-12-10-19/h15-16H,6-14H2,1-5H3/t16-/m1/s1. The molecule has 0 aromatic rings. The van der Waals surface area contributed by atoms with E-state index >= 15 is 0 Å². The Hall–Kier alpha value is -0.900. The molecule has 27 heavy (non-hydrogen) atoms. The van der Waals surface area contributed by atoms with E-state index in [2.05, 4.69) is 0 Å². The molecule has 2 rings (SSSR count). The molecule has 1 atom stereocenters. The fourth-order valence-electron chi connectivity index (χ4n) is 3.42. The van der Waals surface area contributed by atoms with Gasteiger partial charge < -0.3 is 14.4 Å². The normalized spacial score (nSPS) is 23.4. The number of nitrogens with zero attached hydrogens (tertiary/aromatic N) is 3. The first-order valence-electron chi connectivity index (χ1n) is 9.83. The lowest BCUT2D eigenvalue weighted by molar-refractivity contribution is 0.0135. The van der Waals surface area contributed by atoms with Crippen molar-refractivity contribution in [3.63, 3.8) is 0 Å². The molecule has 9 heteroatoms. The number of amides is 1. The van der Waals surface area contributed by atoms with E-state index in [1.807, 2.05) is 34.6 Å². The van der Waals surface area contributed by atoms with E-state index in [1.165, 1.54) is 4.31 Å². The molecule has 0 bridgehead atoms. The van der Waals surface area contributed by atoms with Gasteiger partial charge in [0.2, 0.25) is 0 Å². The average molecular weight is 406 g/mol. The Kier molecular flexibility index (Phi) is 7.52. The van der Waals surface area contributed by atoms with Crippen molar-refractivity contribution in [2.24, 2.45) is 5.92 Å². The first kappa shape index (κ1) is 22.4. The number of carbonyl (C=O) groups is 1. The number of hydrogen-bond donors (Lipinski definition) is 0. The first-order chi connectivity index (χ1) is 12.5. The number of morpholine rings is 1. The van der Waals surface area contributed by atoms with Gasteiger partial charge in [0.05, 0.1) is 13.2 Å². The molecule has 0 aromatic carbocycles. The number of carbonyl (C=O) groups excluding carboxylic acids is 1. The third-order valence-electron chi connectivity index (χ3n) is 4.81. The maximum atomic E-state index is 12.9. The summed E-state index contributed by atoms with van der Waals surface area (Å²) in [4.78, 5) is 14.3. The van der Waals surface area contributed by atoms with Crippen LogP contribution in [0.2, 0.25) is 0 Å². The van der Waals surface area contributed by atoms with Crippen LogP contribution >= 0.6 is 0 Å². The maximum Gasteiger partial charge on any atom is 0.410 e. The molecule has 8 nitrogen and oxygen atoms in total. The van der Waals surface area contributed by atoms with Gasteiger partial charge in [-0.05, 0) is 53.4 Å². The molecular weight excluding hydrogens is 370 g/mol. The van der Waals surface area contributed by atoms with E-state index in [-0.39, 0.29) is 18.1 Å². The Bertz CT molecular complexity index is 597. The lowest BCUT2D eigenvalue weighted by Crippen LogP contribution is -2.53. The van der Waals surface area contributed by atoms with Crippen molar-refractivity contribution in [3.05, 3.63) is 0 Å². The van der Waals surface area contributed by atoms with E-state index < -0.39 is 15.8 Å². The molecule has 2 aliphatic heterocycles. The van der Waals surface area contributed by atoms with E-state index in [4.69, 9.17) is 9.47 Å². The predicted octanol–water partition coefficient (Wildman–Crippen LogP) is 1.92. The summed E-state index contributed by atoms with van der Waals surface area (Å²) in [7, 11) is -3.47. The van der Waals surface area contributed by atoms with Gasteiger partial charge in [-0.2, -0.15) is 17.0 Å².